The number of hydrogen-bond acceptors (Lipinski definition) is 1. The van der Waals surface area contributed by atoms with Crippen molar-refractivity contribution in [2.45, 2.75) is 13.3 Å². The average molecular weight is 208 g/mol. The van der Waals surface area contributed by atoms with E-state index in [2.05, 4.69) is 4.74 Å². The largest absolute Gasteiger partial charge is 0.428 e. The highest BCUT2D eigenvalue weighted by Crippen LogP contribution is 2.18. The minimum Gasteiger partial charge on any atom is -0.428 e. The summed E-state index contributed by atoms with van der Waals surface area (Å²) in [7, 11) is 0. The first kappa shape index (κ1) is 6.92. The first-order valence-corrected chi connectivity index (χ1v) is 3.75. The lowest BCUT2D eigenvalue weighted by Gasteiger charge is -2.02. The summed E-state index contributed by atoms with van der Waals surface area (Å²) in [5.41, 5.74) is 0.488. The first-order chi connectivity index (χ1) is 7.78. The fourth-order valence-electron chi connectivity index (χ4n) is 0.817. The minimum atomic E-state index is -2.54. The highest BCUT2D eigenvalue weighted by molar-refractivity contribution is 5.28. The van der Waals surface area contributed by atoms with Gasteiger partial charge in [0.1, 0.15) is 5.75 Å². The topological polar surface area (TPSA) is 9.23 Å². The molecule has 0 N–H and O–H groups in total. The molecule has 0 saturated heterocycles. The van der Waals surface area contributed by atoms with Crippen LogP contribution in [0.4, 0.5) is 13.2 Å². The lowest BCUT2D eigenvalue weighted by molar-refractivity contribution is 0.241. The zero-order chi connectivity index (χ0) is 13.1. The summed E-state index contributed by atoms with van der Waals surface area (Å²) in [6, 6.07) is 3.25. The lowest BCUT2D eigenvalue weighted by atomic mass is 10.2. The van der Waals surface area contributed by atoms with Gasteiger partial charge in [-0.05, 0) is 24.1 Å². The molecule has 14 heavy (non-hydrogen) atoms. The number of rotatable bonds is 3. The number of aryl methyl sites for hydroxylation is 1. The van der Waals surface area contributed by atoms with Crippen LogP contribution in [0, 0.1) is 0 Å². The molecule has 0 spiro atoms. The molecule has 0 bridgehead atoms. The third-order valence-electron chi connectivity index (χ3n) is 1.48. The molecule has 1 aromatic carbocycles. The van der Waals surface area contributed by atoms with Crippen molar-refractivity contribution in [3.63, 3.8) is 0 Å². The summed E-state index contributed by atoms with van der Waals surface area (Å²) in [6.45, 7) is -2.11. The van der Waals surface area contributed by atoms with E-state index in [1.165, 1.54) is 24.3 Å². The van der Waals surface area contributed by atoms with Crippen LogP contribution in [0.25, 0.3) is 0 Å². The van der Waals surface area contributed by atoms with Crippen LogP contribution >= 0.6 is 0 Å². The third kappa shape index (κ3) is 2.80. The molecule has 0 fully saturated rings. The highest BCUT2D eigenvalue weighted by atomic mass is 19.3. The van der Waals surface area contributed by atoms with Crippen molar-refractivity contribution in [1.29, 1.82) is 0 Å². The Morgan fingerprint density at radius 3 is 2.43 bits per heavy atom. The van der Waals surface area contributed by atoms with Gasteiger partial charge in [0.05, 0.1) is 0 Å². The summed E-state index contributed by atoms with van der Waals surface area (Å²) in [4.78, 5) is 0. The SMILES string of the molecule is [3H]C([3H])([3H])Cc1ccc(OC(F)=C(F)F)cc1. The molecule has 4 heteroatoms. The Balaban J connectivity index is 2.72. The number of ether oxygens (including phenoxy) is 1. The van der Waals surface area contributed by atoms with Gasteiger partial charge in [0.2, 0.25) is 0 Å². The van der Waals surface area contributed by atoms with Crippen LogP contribution in [-0.2, 0) is 6.42 Å². The van der Waals surface area contributed by atoms with Crippen molar-refractivity contribution < 1.29 is 22.0 Å². The Hall–Kier alpha value is -1.45. The monoisotopic (exact) mass is 208 g/mol. The molecule has 0 heterocycles. The molecule has 1 nitrogen and oxygen atoms in total. The zero-order valence-corrected chi connectivity index (χ0v) is 7.06. The van der Waals surface area contributed by atoms with E-state index < -0.39 is 18.9 Å². The van der Waals surface area contributed by atoms with Crippen LogP contribution in [0.1, 0.15) is 16.5 Å². The molecule has 0 aromatic heterocycles. The molecule has 0 atom stereocenters. The van der Waals surface area contributed by atoms with Gasteiger partial charge in [-0.15, -0.1) is 0 Å². The molecule has 0 aliphatic rings. The quantitative estimate of drug-likeness (QED) is 0.689. The smallest absolute Gasteiger partial charge is 0.344 e. The van der Waals surface area contributed by atoms with Crippen LogP contribution < -0.4 is 4.74 Å². The molecule has 0 amide bonds. The van der Waals surface area contributed by atoms with Crippen LogP contribution in [0.2, 0.25) is 0 Å². The summed E-state index contributed by atoms with van der Waals surface area (Å²) >= 11 is 0. The molecule has 1 aromatic rings. The molecular weight excluding hydrogens is 193 g/mol. The van der Waals surface area contributed by atoms with E-state index in [4.69, 9.17) is 4.11 Å². The molecule has 0 aliphatic heterocycles. The second kappa shape index (κ2) is 4.69. The normalized spacial score (nSPS) is 13.8. The third-order valence-corrected chi connectivity index (χ3v) is 1.48. The van der Waals surface area contributed by atoms with Crippen LogP contribution in [0.3, 0.4) is 0 Å². The van der Waals surface area contributed by atoms with Gasteiger partial charge in [0.15, 0.2) is 0 Å². The fourth-order valence-corrected chi connectivity index (χ4v) is 0.817. The van der Waals surface area contributed by atoms with Crippen LogP contribution in [0.15, 0.2) is 36.4 Å². The van der Waals surface area contributed by atoms with Gasteiger partial charge in [-0.2, -0.15) is 13.2 Å². The van der Waals surface area contributed by atoms with E-state index >= 15 is 0 Å². The Kier molecular flexibility index (Phi) is 2.32. The van der Waals surface area contributed by atoms with Crippen molar-refractivity contribution >= 4 is 0 Å². The van der Waals surface area contributed by atoms with Crippen molar-refractivity contribution in [2.24, 2.45) is 0 Å². The van der Waals surface area contributed by atoms with Crippen LogP contribution in [-0.4, -0.2) is 0 Å². The van der Waals surface area contributed by atoms with E-state index in [1.807, 2.05) is 0 Å². The second-order valence-electron chi connectivity index (χ2n) is 2.46. The van der Waals surface area contributed by atoms with Crippen LogP contribution in [0.5, 0.6) is 5.75 Å². The maximum atomic E-state index is 12.4. The van der Waals surface area contributed by atoms with Gasteiger partial charge < -0.3 is 4.74 Å². The van der Waals surface area contributed by atoms with Gasteiger partial charge in [0, 0.05) is 4.11 Å². The molecular formula is C10H9F3O. The van der Waals surface area contributed by atoms with E-state index in [9.17, 15) is 13.2 Å². The summed E-state index contributed by atoms with van der Waals surface area (Å²) in [5, 5.41) is 0. The lowest BCUT2D eigenvalue weighted by Crippen LogP contribution is -1.90. The van der Waals surface area contributed by atoms with Crippen molar-refractivity contribution in [1.82, 2.24) is 0 Å². The maximum absolute atomic E-state index is 12.4. The highest BCUT2D eigenvalue weighted by Gasteiger charge is 2.06. The Morgan fingerprint density at radius 1 is 1.29 bits per heavy atom. The Bertz CT molecular complexity index is 408. The van der Waals surface area contributed by atoms with Gasteiger partial charge in [-0.1, -0.05) is 19.0 Å². The predicted molar refractivity (Wildman–Crippen MR) is 46.8 cm³/mol. The fraction of sp³-hybridized carbons (Fsp3) is 0.200. The minimum absolute atomic E-state index is 0.121. The summed E-state index contributed by atoms with van der Waals surface area (Å²) in [6.07, 6.45) is -2.69. The zero-order valence-electron chi connectivity index (χ0n) is 10.1. The predicted octanol–water partition coefficient (Wildman–Crippen LogP) is 3.66. The van der Waals surface area contributed by atoms with E-state index in [0.717, 1.165) is 0 Å². The first-order valence-electron chi connectivity index (χ1n) is 5.25. The van der Waals surface area contributed by atoms with Crippen molar-refractivity contribution in [3.05, 3.63) is 41.9 Å². The molecule has 0 saturated carbocycles. The van der Waals surface area contributed by atoms with Gasteiger partial charge in [-0.3, -0.25) is 0 Å². The number of halogens is 3. The van der Waals surface area contributed by atoms with Gasteiger partial charge in [-0.25, -0.2) is 0 Å². The summed E-state index contributed by atoms with van der Waals surface area (Å²) < 4.78 is 61.1. The van der Waals surface area contributed by atoms with Crippen molar-refractivity contribution in [2.75, 3.05) is 0 Å². The standard InChI is InChI=1S/C10H9F3O/c1-2-7-3-5-8(6-4-7)14-10(13)9(11)12/h3-6H,2H2,1H3/i1T3. The van der Waals surface area contributed by atoms with Gasteiger partial charge >= 0.3 is 12.1 Å². The Labute approximate surface area is 84.0 Å². The van der Waals surface area contributed by atoms with E-state index in [0.29, 0.717) is 5.56 Å². The number of hydrogen-bond donors (Lipinski definition) is 0. The van der Waals surface area contributed by atoms with Gasteiger partial charge in [0.25, 0.3) is 0 Å². The molecule has 1 rings (SSSR count). The number of benzene rings is 1. The van der Waals surface area contributed by atoms with E-state index in [-0.39, 0.29) is 12.2 Å². The second-order valence-corrected chi connectivity index (χ2v) is 2.46. The molecule has 0 radical (unpaired) electrons. The maximum Gasteiger partial charge on any atom is 0.344 e. The average Bonchev–Trinajstić information content (AvgIpc) is 2.18. The molecule has 0 aliphatic carbocycles. The van der Waals surface area contributed by atoms with Crippen molar-refractivity contribution in [3.8, 4) is 5.75 Å². The molecule has 76 valence electrons. The van der Waals surface area contributed by atoms with E-state index in [1.54, 1.807) is 0 Å². The Morgan fingerprint density at radius 2 is 1.93 bits per heavy atom. The molecule has 0 unspecified atom stereocenters. The summed E-state index contributed by atoms with van der Waals surface area (Å²) in [5.74, 6) is -0.121.